The molecule has 0 spiro atoms. The van der Waals surface area contributed by atoms with Crippen LogP contribution in [0.25, 0.3) is 11.3 Å². The standard InChI is InChI=1S/C17H13BrClN3O/c1-10-7-12(18)5-6-14(10)20-17(23)16-9-15(21-22-16)11-3-2-4-13(19)8-11/h2-9H,1H3,(H,20,23)(H,21,22). The van der Waals surface area contributed by atoms with Gasteiger partial charge in [-0.1, -0.05) is 39.7 Å². The first-order valence-electron chi connectivity index (χ1n) is 6.92. The second-order valence-corrected chi connectivity index (χ2v) is 6.44. The van der Waals surface area contributed by atoms with E-state index in [1.54, 1.807) is 18.2 Å². The molecule has 3 rings (SSSR count). The molecule has 0 bridgehead atoms. The van der Waals surface area contributed by atoms with Gasteiger partial charge in [0.25, 0.3) is 5.91 Å². The summed E-state index contributed by atoms with van der Waals surface area (Å²) in [6, 6.07) is 14.7. The van der Waals surface area contributed by atoms with Gasteiger partial charge in [-0.3, -0.25) is 9.89 Å². The summed E-state index contributed by atoms with van der Waals surface area (Å²) < 4.78 is 0.970. The maximum absolute atomic E-state index is 12.3. The molecule has 0 atom stereocenters. The minimum Gasteiger partial charge on any atom is -0.320 e. The summed E-state index contributed by atoms with van der Waals surface area (Å²) in [6.45, 7) is 1.94. The van der Waals surface area contributed by atoms with Gasteiger partial charge in [0.15, 0.2) is 0 Å². The van der Waals surface area contributed by atoms with Crippen molar-refractivity contribution in [3.63, 3.8) is 0 Å². The Hall–Kier alpha value is -2.11. The molecule has 0 aliphatic heterocycles. The van der Waals surface area contributed by atoms with Crippen molar-refractivity contribution in [2.75, 3.05) is 5.32 Å². The lowest BCUT2D eigenvalue weighted by molar-refractivity contribution is 0.102. The summed E-state index contributed by atoms with van der Waals surface area (Å²) in [7, 11) is 0. The van der Waals surface area contributed by atoms with E-state index < -0.39 is 0 Å². The second-order valence-electron chi connectivity index (χ2n) is 5.09. The van der Waals surface area contributed by atoms with Crippen LogP contribution in [0.2, 0.25) is 5.02 Å². The zero-order valence-electron chi connectivity index (χ0n) is 12.2. The largest absolute Gasteiger partial charge is 0.320 e. The number of nitrogens with zero attached hydrogens (tertiary/aromatic N) is 1. The van der Waals surface area contributed by atoms with Crippen molar-refractivity contribution in [2.45, 2.75) is 6.92 Å². The molecule has 2 aromatic carbocycles. The summed E-state index contributed by atoms with van der Waals surface area (Å²) in [5.41, 5.74) is 3.65. The second kappa shape index (κ2) is 6.56. The Kier molecular flexibility index (Phi) is 4.50. The number of halogens is 2. The Morgan fingerprint density at radius 2 is 2.04 bits per heavy atom. The van der Waals surface area contributed by atoms with Crippen molar-refractivity contribution in [1.29, 1.82) is 0 Å². The normalized spacial score (nSPS) is 10.6. The lowest BCUT2D eigenvalue weighted by Gasteiger charge is -2.07. The lowest BCUT2D eigenvalue weighted by atomic mass is 10.1. The minimum atomic E-state index is -0.240. The maximum atomic E-state index is 12.3. The van der Waals surface area contributed by atoms with E-state index in [1.165, 1.54) is 0 Å². The molecular formula is C17H13BrClN3O. The van der Waals surface area contributed by atoms with Gasteiger partial charge in [-0.25, -0.2) is 0 Å². The van der Waals surface area contributed by atoms with Crippen LogP contribution in [-0.2, 0) is 0 Å². The van der Waals surface area contributed by atoms with Gasteiger partial charge in [-0.15, -0.1) is 0 Å². The Morgan fingerprint density at radius 3 is 2.78 bits per heavy atom. The van der Waals surface area contributed by atoms with Crippen LogP contribution in [0.15, 0.2) is 53.0 Å². The van der Waals surface area contributed by atoms with E-state index in [9.17, 15) is 4.79 Å². The predicted molar refractivity (Wildman–Crippen MR) is 95.9 cm³/mol. The molecule has 2 N–H and O–H groups in total. The smallest absolute Gasteiger partial charge is 0.273 e. The third kappa shape index (κ3) is 3.63. The van der Waals surface area contributed by atoms with Crippen molar-refractivity contribution >= 4 is 39.1 Å². The Balaban J connectivity index is 1.81. The van der Waals surface area contributed by atoms with Crippen LogP contribution in [0, 0.1) is 6.92 Å². The molecule has 1 heterocycles. The van der Waals surface area contributed by atoms with Gasteiger partial charge < -0.3 is 5.32 Å². The molecule has 0 unspecified atom stereocenters. The number of anilines is 1. The van der Waals surface area contributed by atoms with Gasteiger partial charge in [0.05, 0.1) is 5.69 Å². The molecule has 0 radical (unpaired) electrons. The highest BCUT2D eigenvalue weighted by molar-refractivity contribution is 9.10. The number of hydrogen-bond donors (Lipinski definition) is 2. The molecule has 0 saturated carbocycles. The highest BCUT2D eigenvalue weighted by Crippen LogP contribution is 2.23. The third-order valence-corrected chi connectivity index (χ3v) is 4.11. The summed E-state index contributed by atoms with van der Waals surface area (Å²) in [5, 5.41) is 10.4. The quantitative estimate of drug-likeness (QED) is 0.657. The minimum absolute atomic E-state index is 0.240. The average Bonchev–Trinajstić information content (AvgIpc) is 3.00. The topological polar surface area (TPSA) is 57.8 Å². The van der Waals surface area contributed by atoms with Crippen LogP contribution < -0.4 is 5.32 Å². The predicted octanol–water partition coefficient (Wildman–Crippen LogP) is 5.05. The molecule has 4 nitrogen and oxygen atoms in total. The average molecular weight is 391 g/mol. The number of benzene rings is 2. The van der Waals surface area contributed by atoms with Crippen LogP contribution >= 0.6 is 27.5 Å². The summed E-state index contributed by atoms with van der Waals surface area (Å²) in [6.07, 6.45) is 0. The van der Waals surface area contributed by atoms with E-state index in [-0.39, 0.29) is 5.91 Å². The van der Waals surface area contributed by atoms with Gasteiger partial charge >= 0.3 is 0 Å². The molecule has 0 saturated heterocycles. The number of rotatable bonds is 3. The molecule has 23 heavy (non-hydrogen) atoms. The van der Waals surface area contributed by atoms with Gasteiger partial charge in [0, 0.05) is 20.7 Å². The van der Waals surface area contributed by atoms with E-state index in [0.29, 0.717) is 16.4 Å². The number of H-pyrrole nitrogens is 1. The van der Waals surface area contributed by atoms with E-state index in [0.717, 1.165) is 21.3 Å². The number of nitrogens with one attached hydrogen (secondary N) is 2. The summed E-state index contributed by atoms with van der Waals surface area (Å²) in [5.74, 6) is -0.240. The zero-order chi connectivity index (χ0) is 16.4. The van der Waals surface area contributed by atoms with Gasteiger partial charge in [-0.2, -0.15) is 5.10 Å². The maximum Gasteiger partial charge on any atom is 0.273 e. The highest BCUT2D eigenvalue weighted by Gasteiger charge is 2.12. The number of amides is 1. The molecule has 0 aliphatic rings. The van der Waals surface area contributed by atoms with Crippen molar-refractivity contribution in [2.24, 2.45) is 0 Å². The molecule has 1 amide bonds. The Bertz CT molecular complexity index is 876. The Morgan fingerprint density at radius 1 is 1.22 bits per heavy atom. The summed E-state index contributed by atoms with van der Waals surface area (Å²) >= 11 is 9.38. The monoisotopic (exact) mass is 389 g/mol. The van der Waals surface area contributed by atoms with Crippen molar-refractivity contribution in [1.82, 2.24) is 10.2 Å². The zero-order valence-corrected chi connectivity index (χ0v) is 14.6. The first kappa shape index (κ1) is 15.8. The van der Waals surface area contributed by atoms with E-state index in [1.807, 2.05) is 37.3 Å². The molecule has 0 aliphatic carbocycles. The molecule has 0 fully saturated rings. The van der Waals surface area contributed by atoms with E-state index >= 15 is 0 Å². The van der Waals surface area contributed by atoms with Crippen molar-refractivity contribution in [3.05, 3.63) is 69.3 Å². The van der Waals surface area contributed by atoms with Gasteiger partial charge in [-0.05, 0) is 48.9 Å². The number of carbonyl (C=O) groups excluding carboxylic acids is 1. The van der Waals surface area contributed by atoms with Crippen LogP contribution in [-0.4, -0.2) is 16.1 Å². The first-order valence-corrected chi connectivity index (χ1v) is 8.09. The fraction of sp³-hybridized carbons (Fsp3) is 0.0588. The van der Waals surface area contributed by atoms with Crippen LogP contribution in [0.5, 0.6) is 0 Å². The number of hydrogen-bond acceptors (Lipinski definition) is 2. The molecule has 3 aromatic rings. The van der Waals surface area contributed by atoms with Gasteiger partial charge in [0.1, 0.15) is 5.69 Å². The lowest BCUT2D eigenvalue weighted by Crippen LogP contribution is -2.13. The molecular weight excluding hydrogens is 378 g/mol. The number of carbonyl (C=O) groups is 1. The highest BCUT2D eigenvalue weighted by atomic mass is 79.9. The number of aryl methyl sites for hydroxylation is 1. The number of aromatic nitrogens is 2. The van der Waals surface area contributed by atoms with E-state index in [4.69, 9.17) is 11.6 Å². The fourth-order valence-electron chi connectivity index (χ4n) is 2.19. The SMILES string of the molecule is Cc1cc(Br)ccc1NC(=O)c1cc(-c2cccc(Cl)c2)n[nH]1. The fourth-order valence-corrected chi connectivity index (χ4v) is 2.86. The van der Waals surface area contributed by atoms with Crippen LogP contribution in [0.1, 0.15) is 16.1 Å². The van der Waals surface area contributed by atoms with Crippen LogP contribution in [0.4, 0.5) is 5.69 Å². The third-order valence-electron chi connectivity index (χ3n) is 3.38. The Labute approximate surface area is 147 Å². The van der Waals surface area contributed by atoms with E-state index in [2.05, 4.69) is 31.4 Å². The van der Waals surface area contributed by atoms with Gasteiger partial charge in [0.2, 0.25) is 0 Å². The van der Waals surface area contributed by atoms with Crippen molar-refractivity contribution < 1.29 is 4.79 Å². The summed E-state index contributed by atoms with van der Waals surface area (Å²) in [4.78, 5) is 12.3. The van der Waals surface area contributed by atoms with Crippen molar-refractivity contribution in [3.8, 4) is 11.3 Å². The first-order chi connectivity index (χ1) is 11.0. The van der Waals surface area contributed by atoms with Crippen LogP contribution in [0.3, 0.4) is 0 Å². The number of aromatic amines is 1. The molecule has 116 valence electrons. The molecule has 1 aromatic heterocycles. The molecule has 6 heteroatoms.